The minimum absolute atomic E-state index is 0. The van der Waals surface area contributed by atoms with Crippen molar-refractivity contribution >= 4 is 30.1 Å². The van der Waals surface area contributed by atoms with E-state index in [2.05, 4.69) is 17.4 Å². The van der Waals surface area contributed by atoms with Gasteiger partial charge in [-0.1, -0.05) is 48.5 Å². The lowest BCUT2D eigenvalue weighted by molar-refractivity contribution is -0.122. The third-order valence-electron chi connectivity index (χ3n) is 3.91. The maximum atomic E-state index is 12.2. The molecule has 1 fully saturated rings. The lowest BCUT2D eigenvalue weighted by Gasteiger charge is -2.18. The molecular formula is C18H21ClN2OS. The molecule has 0 aromatic heterocycles. The first-order valence-corrected chi connectivity index (χ1v) is 8.33. The highest BCUT2D eigenvalue weighted by atomic mass is 35.5. The van der Waals surface area contributed by atoms with E-state index in [0.717, 1.165) is 18.4 Å². The summed E-state index contributed by atoms with van der Waals surface area (Å²) >= 11 is 1.85. The van der Waals surface area contributed by atoms with Crippen LogP contribution in [0.25, 0.3) is 0 Å². The van der Waals surface area contributed by atoms with Gasteiger partial charge in [0.2, 0.25) is 5.91 Å². The van der Waals surface area contributed by atoms with Crippen molar-refractivity contribution in [1.82, 2.24) is 5.32 Å². The monoisotopic (exact) mass is 348 g/mol. The average Bonchev–Trinajstić information content (AvgIpc) is 3.33. The van der Waals surface area contributed by atoms with Gasteiger partial charge in [-0.05, 0) is 30.5 Å². The van der Waals surface area contributed by atoms with E-state index in [0.29, 0.717) is 6.54 Å². The molecule has 0 spiro atoms. The van der Waals surface area contributed by atoms with Crippen LogP contribution in [0.1, 0.15) is 24.4 Å². The molecule has 1 aliphatic carbocycles. The van der Waals surface area contributed by atoms with Gasteiger partial charge in [0.15, 0.2) is 0 Å². The molecule has 0 bridgehead atoms. The average molecular weight is 349 g/mol. The fourth-order valence-electron chi connectivity index (χ4n) is 2.36. The van der Waals surface area contributed by atoms with Crippen molar-refractivity contribution in [1.29, 1.82) is 0 Å². The molecule has 0 aliphatic heterocycles. The first kappa shape index (κ1) is 17.9. The van der Waals surface area contributed by atoms with Crippen LogP contribution in [-0.2, 0) is 4.79 Å². The van der Waals surface area contributed by atoms with Crippen molar-refractivity contribution in [2.45, 2.75) is 28.5 Å². The van der Waals surface area contributed by atoms with E-state index in [4.69, 9.17) is 5.73 Å². The predicted molar refractivity (Wildman–Crippen MR) is 97.9 cm³/mol. The smallest absolute Gasteiger partial charge is 0.241 e. The number of benzene rings is 2. The third-order valence-corrected chi connectivity index (χ3v) is 5.40. The van der Waals surface area contributed by atoms with Gasteiger partial charge in [0.25, 0.3) is 0 Å². The van der Waals surface area contributed by atoms with Crippen LogP contribution >= 0.6 is 24.2 Å². The van der Waals surface area contributed by atoms with Crippen LogP contribution in [0.5, 0.6) is 0 Å². The highest BCUT2D eigenvalue weighted by Gasteiger charge is 2.44. The van der Waals surface area contributed by atoms with Crippen LogP contribution in [0, 0.1) is 0 Å². The molecule has 3 N–H and O–H groups in total. The summed E-state index contributed by atoms with van der Waals surface area (Å²) in [5.74, 6) is -0.105. The summed E-state index contributed by atoms with van der Waals surface area (Å²) in [6.07, 6.45) is 2.26. The van der Waals surface area contributed by atoms with Gasteiger partial charge in [0.1, 0.15) is 6.04 Å². The zero-order valence-electron chi connectivity index (χ0n) is 12.8. The van der Waals surface area contributed by atoms with Crippen molar-refractivity contribution in [3.63, 3.8) is 0 Å². The van der Waals surface area contributed by atoms with Gasteiger partial charge >= 0.3 is 0 Å². The van der Waals surface area contributed by atoms with Crippen LogP contribution < -0.4 is 11.1 Å². The molecule has 2 aromatic carbocycles. The molecule has 3 rings (SSSR count). The van der Waals surface area contributed by atoms with E-state index in [1.54, 1.807) is 0 Å². The van der Waals surface area contributed by atoms with Gasteiger partial charge in [-0.25, -0.2) is 0 Å². The van der Waals surface area contributed by atoms with Crippen molar-refractivity contribution < 1.29 is 4.79 Å². The Balaban J connectivity index is 0.00000192. The molecule has 1 amide bonds. The Kier molecular flexibility index (Phi) is 6.10. The number of nitrogens with one attached hydrogen (secondary N) is 1. The molecule has 2 aromatic rings. The van der Waals surface area contributed by atoms with Crippen LogP contribution in [0.4, 0.5) is 0 Å². The van der Waals surface area contributed by atoms with Crippen molar-refractivity contribution in [2.75, 3.05) is 6.54 Å². The Morgan fingerprint density at radius 3 is 2.22 bits per heavy atom. The van der Waals surface area contributed by atoms with Gasteiger partial charge < -0.3 is 11.1 Å². The Morgan fingerprint density at radius 1 is 1.09 bits per heavy atom. The first-order valence-electron chi connectivity index (χ1n) is 7.51. The zero-order valence-corrected chi connectivity index (χ0v) is 14.4. The number of hydrogen-bond acceptors (Lipinski definition) is 3. The minimum atomic E-state index is -0.598. The lowest BCUT2D eigenvalue weighted by Crippen LogP contribution is -2.38. The van der Waals surface area contributed by atoms with E-state index in [9.17, 15) is 4.79 Å². The van der Waals surface area contributed by atoms with Crippen molar-refractivity contribution in [3.8, 4) is 0 Å². The first-order chi connectivity index (χ1) is 10.7. The van der Waals surface area contributed by atoms with E-state index >= 15 is 0 Å². The molecule has 0 saturated heterocycles. The fourth-order valence-corrected chi connectivity index (χ4v) is 3.61. The van der Waals surface area contributed by atoms with Gasteiger partial charge in [0, 0.05) is 16.2 Å². The predicted octanol–water partition coefficient (Wildman–Crippen LogP) is 3.55. The number of rotatable bonds is 6. The normalized spacial score (nSPS) is 16.0. The van der Waals surface area contributed by atoms with E-state index in [1.807, 2.05) is 60.3 Å². The maximum Gasteiger partial charge on any atom is 0.241 e. The molecule has 0 heterocycles. The van der Waals surface area contributed by atoms with E-state index in [1.165, 1.54) is 4.90 Å². The fraction of sp³-hybridized carbons (Fsp3) is 0.278. The number of thioether (sulfide) groups is 1. The Labute approximate surface area is 147 Å². The second kappa shape index (κ2) is 7.86. The maximum absolute atomic E-state index is 12.2. The SMILES string of the molecule is Cl.NC(C(=O)NCC1(Sc2ccccc2)CC1)c1ccccc1. The van der Waals surface area contributed by atoms with E-state index in [-0.39, 0.29) is 23.1 Å². The molecule has 1 unspecified atom stereocenters. The molecule has 0 radical (unpaired) electrons. The number of carbonyl (C=O) groups excluding carboxylic acids is 1. The quantitative estimate of drug-likeness (QED) is 0.839. The summed E-state index contributed by atoms with van der Waals surface area (Å²) in [5.41, 5.74) is 6.87. The summed E-state index contributed by atoms with van der Waals surface area (Å²) in [4.78, 5) is 13.5. The standard InChI is InChI=1S/C18H20N2OS.ClH/c19-16(14-7-3-1-4-8-14)17(21)20-13-18(11-12-18)22-15-9-5-2-6-10-15;/h1-10,16H,11-13,19H2,(H,20,21);1H. The summed E-state index contributed by atoms with van der Waals surface area (Å²) in [6.45, 7) is 0.673. The molecule has 1 saturated carbocycles. The molecule has 23 heavy (non-hydrogen) atoms. The highest BCUT2D eigenvalue weighted by Crippen LogP contribution is 2.51. The molecular weight excluding hydrogens is 328 g/mol. The molecule has 1 aliphatic rings. The molecule has 1 atom stereocenters. The summed E-state index contributed by atoms with van der Waals surface area (Å²) in [6, 6.07) is 19.2. The number of hydrogen-bond donors (Lipinski definition) is 2. The van der Waals surface area contributed by atoms with E-state index < -0.39 is 6.04 Å². The van der Waals surface area contributed by atoms with Crippen LogP contribution in [-0.4, -0.2) is 17.2 Å². The Hall–Kier alpha value is -1.49. The summed E-state index contributed by atoms with van der Waals surface area (Å²) in [7, 11) is 0. The Morgan fingerprint density at radius 2 is 1.65 bits per heavy atom. The van der Waals surface area contributed by atoms with Crippen LogP contribution in [0.3, 0.4) is 0 Å². The lowest BCUT2D eigenvalue weighted by atomic mass is 10.1. The van der Waals surface area contributed by atoms with Gasteiger partial charge in [-0.2, -0.15) is 0 Å². The van der Waals surface area contributed by atoms with Crippen molar-refractivity contribution in [2.24, 2.45) is 5.73 Å². The molecule has 3 nitrogen and oxygen atoms in total. The third kappa shape index (κ3) is 4.74. The van der Waals surface area contributed by atoms with Crippen LogP contribution in [0.2, 0.25) is 0 Å². The summed E-state index contributed by atoms with van der Waals surface area (Å²) in [5, 5.41) is 3.02. The number of carbonyl (C=O) groups is 1. The molecule has 5 heteroatoms. The van der Waals surface area contributed by atoms with Crippen molar-refractivity contribution in [3.05, 3.63) is 66.2 Å². The second-order valence-corrected chi connectivity index (χ2v) is 7.25. The number of amides is 1. The van der Waals surface area contributed by atoms with Gasteiger partial charge in [0.05, 0.1) is 0 Å². The van der Waals surface area contributed by atoms with Gasteiger partial charge in [-0.3, -0.25) is 4.79 Å². The number of nitrogens with two attached hydrogens (primary N) is 1. The number of halogens is 1. The summed E-state index contributed by atoms with van der Waals surface area (Å²) < 4.78 is 0.146. The van der Waals surface area contributed by atoms with Crippen LogP contribution in [0.15, 0.2) is 65.6 Å². The Bertz CT molecular complexity index is 632. The second-order valence-electron chi connectivity index (χ2n) is 5.70. The topological polar surface area (TPSA) is 55.1 Å². The molecule has 122 valence electrons. The largest absolute Gasteiger partial charge is 0.353 e. The minimum Gasteiger partial charge on any atom is -0.353 e. The highest BCUT2D eigenvalue weighted by molar-refractivity contribution is 8.01. The zero-order chi connectivity index (χ0) is 15.4. The van der Waals surface area contributed by atoms with Gasteiger partial charge in [-0.15, -0.1) is 24.2 Å².